The molecule has 2 aliphatic rings. The number of hydrogen-bond donors (Lipinski definition) is 3. The number of amidine groups is 1. The van der Waals surface area contributed by atoms with Crippen LogP contribution in [0.2, 0.25) is 1.41 Å². The normalized spacial score (nSPS) is 24.6. The van der Waals surface area contributed by atoms with Crippen molar-refractivity contribution in [1.82, 2.24) is 5.48 Å². The first-order chi connectivity index (χ1) is 8.86. The zero-order chi connectivity index (χ0) is 12.8. The van der Waals surface area contributed by atoms with Crippen LogP contribution in [-0.2, 0) is 0 Å². The van der Waals surface area contributed by atoms with Gasteiger partial charge in [-0.05, 0) is 37.5 Å². The summed E-state index contributed by atoms with van der Waals surface area (Å²) in [4.78, 5) is 0. The first kappa shape index (κ1) is 14.1. The largest absolute Gasteiger partial charge is 0.290 e. The van der Waals surface area contributed by atoms with Crippen molar-refractivity contribution in [3.63, 3.8) is 0 Å². The van der Waals surface area contributed by atoms with Gasteiger partial charge in [0.1, 0.15) is 5.84 Å². The van der Waals surface area contributed by atoms with Crippen molar-refractivity contribution in [3.05, 3.63) is 0 Å². The fraction of sp³-hybridized carbons (Fsp3) is 0.929. The molecule has 0 aromatic carbocycles. The first-order valence-corrected chi connectivity index (χ1v) is 7.29. The van der Waals surface area contributed by atoms with E-state index in [4.69, 9.17) is 1.41 Å². The van der Waals surface area contributed by atoms with Crippen LogP contribution in [0.15, 0.2) is 0 Å². The molecule has 106 valence electrons. The molecule has 0 aromatic rings. The monoisotopic (exact) mass is 274 g/mol. The summed E-state index contributed by atoms with van der Waals surface area (Å²) in [5.74, 6) is 2.03. The maximum absolute atomic E-state index is 9.26. The molecule has 0 saturated heterocycles. The van der Waals surface area contributed by atoms with Crippen molar-refractivity contribution in [2.45, 2.75) is 64.2 Å². The topological polar surface area (TPSA) is 56.1 Å². The minimum Gasteiger partial charge on any atom is -0.290 e. The van der Waals surface area contributed by atoms with Gasteiger partial charge in [0.2, 0.25) is 0 Å². The molecule has 0 aromatic heterocycles. The second-order valence-electron chi connectivity index (χ2n) is 5.82. The maximum Gasteiger partial charge on any atom is 0.189 e. The van der Waals surface area contributed by atoms with E-state index in [-0.39, 0.29) is 18.3 Å². The number of nitrogens with one attached hydrogen (secondary N) is 2. The summed E-state index contributed by atoms with van der Waals surface area (Å²) >= 11 is 0. The molecule has 2 saturated carbocycles. The number of hydroxylamine groups is 1. The third-order valence-corrected chi connectivity index (χ3v) is 4.75. The first-order valence-electron chi connectivity index (χ1n) is 7.73. The molecule has 3 nitrogen and oxygen atoms in total. The molecule has 2 fully saturated rings. The smallest absolute Gasteiger partial charge is 0.189 e. The van der Waals surface area contributed by atoms with Crippen molar-refractivity contribution in [3.8, 4) is 0 Å². The maximum atomic E-state index is 9.26. The quantitative estimate of drug-likeness (QED) is 0.411. The van der Waals surface area contributed by atoms with E-state index in [2.05, 4.69) is 10.9 Å². The van der Waals surface area contributed by atoms with E-state index in [1.807, 2.05) is 0 Å². The molecule has 2 aliphatic carbocycles. The van der Waals surface area contributed by atoms with Crippen molar-refractivity contribution in [2.75, 3.05) is 0 Å². The Hall–Kier alpha value is -0.280. The highest BCUT2D eigenvalue weighted by molar-refractivity contribution is 5.85. The highest BCUT2D eigenvalue weighted by Crippen LogP contribution is 2.40. The highest BCUT2D eigenvalue weighted by atomic mass is 35.5. The SMILES string of the molecule is Cl.[H]/N=C(\NO)C(C1CCCCC1)C1CCCCC1. The molecule has 0 unspecified atom stereocenters. The fourth-order valence-corrected chi connectivity index (χ4v) is 3.89. The molecule has 0 atom stereocenters. The molecule has 0 spiro atoms. The predicted octanol–water partition coefficient (Wildman–Crippen LogP) is 4.14. The zero-order valence-corrected chi connectivity index (χ0v) is 11.9. The summed E-state index contributed by atoms with van der Waals surface area (Å²) in [7, 11) is 0. The number of hydrogen-bond acceptors (Lipinski definition) is 2. The molecular formula is C14H27ClN2O. The summed E-state index contributed by atoms with van der Waals surface area (Å²) < 4.78 is 7.29. The van der Waals surface area contributed by atoms with Gasteiger partial charge in [-0.1, -0.05) is 38.5 Å². The number of halogens is 1. The van der Waals surface area contributed by atoms with Gasteiger partial charge in [-0.3, -0.25) is 16.1 Å². The lowest BCUT2D eigenvalue weighted by molar-refractivity contribution is 0.164. The van der Waals surface area contributed by atoms with Crippen LogP contribution >= 0.6 is 12.4 Å². The van der Waals surface area contributed by atoms with Crippen molar-refractivity contribution < 1.29 is 6.62 Å². The van der Waals surface area contributed by atoms with E-state index in [1.165, 1.54) is 64.2 Å². The minimum absolute atomic E-state index is 0. The zero-order valence-electron chi connectivity index (χ0n) is 12.1. The Morgan fingerprint density at radius 1 is 1.00 bits per heavy atom. The Kier molecular flexibility index (Phi) is 6.29. The van der Waals surface area contributed by atoms with Gasteiger partial charge in [0.05, 0.1) is 0 Å². The van der Waals surface area contributed by atoms with Gasteiger partial charge in [0.25, 0.3) is 0 Å². The average molecular weight is 275 g/mol. The van der Waals surface area contributed by atoms with Gasteiger partial charge < -0.3 is 0 Å². The fourth-order valence-electron chi connectivity index (χ4n) is 3.89. The van der Waals surface area contributed by atoms with Crippen LogP contribution in [0.5, 0.6) is 0 Å². The molecule has 0 amide bonds. The predicted molar refractivity (Wildman–Crippen MR) is 76.5 cm³/mol. The van der Waals surface area contributed by atoms with E-state index in [0.717, 1.165) is 0 Å². The Bertz CT molecular complexity index is 259. The van der Waals surface area contributed by atoms with Crippen LogP contribution in [0.3, 0.4) is 0 Å². The van der Waals surface area contributed by atoms with Gasteiger partial charge >= 0.3 is 0 Å². The Balaban J connectivity index is 0.00000180. The molecule has 2 rings (SSSR count). The molecular weight excluding hydrogens is 248 g/mol. The van der Waals surface area contributed by atoms with Crippen LogP contribution in [0.25, 0.3) is 0 Å². The van der Waals surface area contributed by atoms with Crippen molar-refractivity contribution >= 4 is 18.2 Å². The lowest BCUT2D eigenvalue weighted by Gasteiger charge is -2.37. The van der Waals surface area contributed by atoms with Crippen LogP contribution in [0, 0.1) is 23.2 Å². The van der Waals surface area contributed by atoms with Crippen molar-refractivity contribution in [1.29, 1.82) is 5.40 Å². The molecule has 0 bridgehead atoms. The Morgan fingerprint density at radius 3 is 1.78 bits per heavy atom. The summed E-state index contributed by atoms with van der Waals surface area (Å²) in [6.45, 7) is 0. The molecule has 4 heteroatoms. The van der Waals surface area contributed by atoms with Gasteiger partial charge in [-0.2, -0.15) is 0 Å². The lowest BCUT2D eigenvalue weighted by Crippen LogP contribution is -2.39. The highest BCUT2D eigenvalue weighted by Gasteiger charge is 2.34. The van der Waals surface area contributed by atoms with E-state index < -0.39 is 0 Å². The summed E-state index contributed by atoms with van der Waals surface area (Å²) in [6.07, 6.45) is 12.8. The third kappa shape index (κ3) is 3.86. The van der Waals surface area contributed by atoms with E-state index in [0.29, 0.717) is 17.7 Å². The van der Waals surface area contributed by atoms with Gasteiger partial charge in [-0.25, -0.2) is 0 Å². The summed E-state index contributed by atoms with van der Waals surface area (Å²) in [6, 6.07) is 0. The van der Waals surface area contributed by atoms with Crippen LogP contribution in [-0.4, -0.2) is 11.0 Å². The van der Waals surface area contributed by atoms with Crippen LogP contribution in [0.1, 0.15) is 64.2 Å². The molecule has 0 heterocycles. The van der Waals surface area contributed by atoms with Gasteiger partial charge in [-0.15, -0.1) is 12.4 Å². The third-order valence-electron chi connectivity index (χ3n) is 4.75. The standard InChI is InChI=1S/C14H26N2O.ClH/c15-14(16-17)13(11-7-3-1-4-8-11)12-9-5-2-6-10-12;/h11-13,17H,1-10H2,(H2,15,16);1H. The summed E-state index contributed by atoms with van der Waals surface area (Å²) in [5, 5.41) is 12.8. The van der Waals surface area contributed by atoms with E-state index >= 15 is 0 Å². The molecule has 3 N–H and O–H groups in total. The summed E-state index contributed by atoms with van der Waals surface area (Å²) in [5.41, 5.74) is 2.21. The van der Waals surface area contributed by atoms with E-state index in [9.17, 15) is 5.21 Å². The molecule has 0 aliphatic heterocycles. The Labute approximate surface area is 118 Å². The average Bonchev–Trinajstić information content (AvgIpc) is 2.46. The van der Waals surface area contributed by atoms with Crippen LogP contribution < -0.4 is 5.48 Å². The van der Waals surface area contributed by atoms with Gasteiger partial charge in [0.15, 0.2) is 1.41 Å². The van der Waals surface area contributed by atoms with E-state index in [1.54, 1.807) is 0 Å². The Morgan fingerprint density at radius 2 is 1.44 bits per heavy atom. The number of rotatable bonds is 3. The lowest BCUT2D eigenvalue weighted by atomic mass is 9.69. The molecule has 18 heavy (non-hydrogen) atoms. The second-order valence-corrected chi connectivity index (χ2v) is 5.82. The molecule has 0 radical (unpaired) electrons. The van der Waals surface area contributed by atoms with Gasteiger partial charge in [0, 0.05) is 5.92 Å². The van der Waals surface area contributed by atoms with Crippen LogP contribution in [0.4, 0.5) is 0 Å². The second kappa shape index (κ2) is 8.00. The minimum atomic E-state index is 0. The van der Waals surface area contributed by atoms with Crippen molar-refractivity contribution in [2.24, 2.45) is 17.8 Å².